The Morgan fingerprint density at radius 3 is 2.42 bits per heavy atom. The van der Waals surface area contributed by atoms with Gasteiger partial charge in [0.15, 0.2) is 0 Å². The van der Waals surface area contributed by atoms with Crippen molar-refractivity contribution in [3.63, 3.8) is 0 Å². The molecule has 0 aromatic carbocycles. The molecule has 3 heterocycles. The van der Waals surface area contributed by atoms with E-state index in [1.165, 1.54) is 0 Å². The van der Waals surface area contributed by atoms with E-state index in [1.807, 2.05) is 0 Å². The number of pyridine rings is 1. The van der Waals surface area contributed by atoms with Crippen molar-refractivity contribution in [2.75, 3.05) is 13.2 Å². The van der Waals surface area contributed by atoms with Gasteiger partial charge in [-0.3, -0.25) is 4.98 Å². The molecule has 0 amide bonds. The van der Waals surface area contributed by atoms with Crippen LogP contribution in [-0.2, 0) is 14.0 Å². The summed E-state index contributed by atoms with van der Waals surface area (Å²) in [5.74, 6) is 0.809. The minimum atomic E-state index is -0.332. The summed E-state index contributed by atoms with van der Waals surface area (Å²) in [7, 11) is -0.332. The van der Waals surface area contributed by atoms with E-state index >= 15 is 0 Å². The average Bonchev–Trinajstić information content (AvgIpc) is 3.13. The molecular formula is C19H30BNO3. The number of hydrogen-bond donors (Lipinski definition) is 0. The van der Waals surface area contributed by atoms with Crippen LogP contribution in [0.25, 0.3) is 0 Å². The molecule has 3 rings (SSSR count). The van der Waals surface area contributed by atoms with Gasteiger partial charge in [-0.1, -0.05) is 13.8 Å². The Balaban J connectivity index is 1.96. The van der Waals surface area contributed by atoms with Crippen molar-refractivity contribution in [1.82, 2.24) is 4.98 Å². The molecule has 0 bridgehead atoms. The van der Waals surface area contributed by atoms with E-state index in [9.17, 15) is 0 Å². The molecule has 0 aliphatic carbocycles. The summed E-state index contributed by atoms with van der Waals surface area (Å²) in [4.78, 5) is 4.94. The van der Waals surface area contributed by atoms with Crippen LogP contribution in [0.4, 0.5) is 0 Å². The molecule has 2 aliphatic rings. The van der Waals surface area contributed by atoms with Gasteiger partial charge < -0.3 is 14.0 Å². The Morgan fingerprint density at radius 2 is 1.88 bits per heavy atom. The third-order valence-electron chi connectivity index (χ3n) is 5.88. The lowest BCUT2D eigenvalue weighted by molar-refractivity contribution is 0.00578. The monoisotopic (exact) mass is 331 g/mol. The third kappa shape index (κ3) is 3.26. The average molecular weight is 331 g/mol. The lowest BCUT2D eigenvalue weighted by atomic mass is 9.77. The molecule has 1 aromatic heterocycles. The highest BCUT2D eigenvalue weighted by atomic mass is 16.7. The van der Waals surface area contributed by atoms with Gasteiger partial charge in [-0.2, -0.15) is 0 Å². The fourth-order valence-corrected chi connectivity index (χ4v) is 3.15. The van der Waals surface area contributed by atoms with E-state index in [0.717, 1.165) is 42.9 Å². The normalized spacial score (nSPS) is 26.8. The highest BCUT2D eigenvalue weighted by molar-refractivity contribution is 6.62. The predicted molar refractivity (Wildman–Crippen MR) is 96.8 cm³/mol. The molecule has 5 heteroatoms. The summed E-state index contributed by atoms with van der Waals surface area (Å²) >= 11 is 0. The van der Waals surface area contributed by atoms with E-state index in [-0.39, 0.29) is 18.3 Å². The fourth-order valence-electron chi connectivity index (χ4n) is 3.15. The van der Waals surface area contributed by atoms with Crippen molar-refractivity contribution in [2.45, 2.75) is 77.4 Å². The Bertz CT molecular complexity index is 580. The molecule has 24 heavy (non-hydrogen) atoms. The van der Waals surface area contributed by atoms with Crippen molar-refractivity contribution in [3.8, 4) is 0 Å². The van der Waals surface area contributed by atoms with Crippen LogP contribution in [0.1, 0.15) is 77.6 Å². The summed E-state index contributed by atoms with van der Waals surface area (Å²) < 4.78 is 18.1. The Morgan fingerprint density at radius 1 is 1.21 bits per heavy atom. The van der Waals surface area contributed by atoms with Crippen LogP contribution in [0.15, 0.2) is 12.1 Å². The molecule has 1 aromatic rings. The van der Waals surface area contributed by atoms with Crippen molar-refractivity contribution < 1.29 is 14.0 Å². The maximum Gasteiger partial charge on any atom is 0.494 e. The Kier molecular flexibility index (Phi) is 4.80. The molecule has 2 fully saturated rings. The number of rotatable bonds is 4. The van der Waals surface area contributed by atoms with Crippen molar-refractivity contribution in [2.24, 2.45) is 0 Å². The number of hydrogen-bond acceptors (Lipinski definition) is 4. The van der Waals surface area contributed by atoms with Crippen LogP contribution in [0, 0.1) is 0 Å². The smallest absolute Gasteiger partial charge is 0.399 e. The topological polar surface area (TPSA) is 40.6 Å². The Labute approximate surface area is 146 Å². The first-order valence-electron chi connectivity index (χ1n) is 9.18. The first-order valence-corrected chi connectivity index (χ1v) is 9.18. The molecule has 2 saturated heterocycles. The van der Waals surface area contributed by atoms with Gasteiger partial charge in [0.05, 0.1) is 17.8 Å². The molecule has 0 radical (unpaired) electrons. The number of nitrogens with zero attached hydrogens (tertiary/aromatic N) is 1. The quantitative estimate of drug-likeness (QED) is 0.793. The highest BCUT2D eigenvalue weighted by Gasteiger charge is 2.52. The van der Waals surface area contributed by atoms with E-state index < -0.39 is 0 Å². The van der Waals surface area contributed by atoms with E-state index in [2.05, 4.69) is 53.7 Å². The van der Waals surface area contributed by atoms with E-state index in [0.29, 0.717) is 11.8 Å². The highest BCUT2D eigenvalue weighted by Crippen LogP contribution is 2.37. The van der Waals surface area contributed by atoms with Crippen molar-refractivity contribution in [3.05, 3.63) is 23.5 Å². The predicted octanol–water partition coefficient (Wildman–Crippen LogP) is 3.40. The molecule has 132 valence electrons. The molecule has 0 N–H and O–H groups in total. The van der Waals surface area contributed by atoms with Gasteiger partial charge in [0.2, 0.25) is 0 Å². The van der Waals surface area contributed by atoms with Crippen LogP contribution >= 0.6 is 0 Å². The van der Waals surface area contributed by atoms with Crippen LogP contribution in [-0.4, -0.2) is 36.5 Å². The van der Waals surface area contributed by atoms with Gasteiger partial charge in [-0.25, -0.2) is 0 Å². The maximum absolute atomic E-state index is 6.25. The first-order chi connectivity index (χ1) is 11.2. The third-order valence-corrected chi connectivity index (χ3v) is 5.88. The van der Waals surface area contributed by atoms with Crippen LogP contribution < -0.4 is 5.46 Å². The van der Waals surface area contributed by atoms with Gasteiger partial charge in [0.1, 0.15) is 0 Å². The summed E-state index contributed by atoms with van der Waals surface area (Å²) in [6.07, 6.45) is 2.11. The SMILES string of the molecule is CCC(C)c1cc(B2OC(C)(C)C(C)(C)O2)cc(C2CCOC2)n1. The van der Waals surface area contributed by atoms with Gasteiger partial charge >= 0.3 is 7.12 Å². The van der Waals surface area contributed by atoms with Crippen LogP contribution in [0.3, 0.4) is 0 Å². The fraction of sp³-hybridized carbons (Fsp3) is 0.737. The zero-order valence-corrected chi connectivity index (χ0v) is 15.9. The molecule has 2 atom stereocenters. The Hall–Kier alpha value is -0.905. The van der Waals surface area contributed by atoms with Gasteiger partial charge in [0, 0.05) is 23.9 Å². The molecule has 0 spiro atoms. The second-order valence-corrected chi connectivity index (χ2v) is 8.21. The summed E-state index contributed by atoms with van der Waals surface area (Å²) in [5, 5.41) is 0. The first kappa shape index (κ1) is 17.9. The second-order valence-electron chi connectivity index (χ2n) is 8.21. The lowest BCUT2D eigenvalue weighted by Gasteiger charge is -2.32. The van der Waals surface area contributed by atoms with Crippen LogP contribution in [0.2, 0.25) is 0 Å². The second kappa shape index (κ2) is 6.43. The largest absolute Gasteiger partial charge is 0.494 e. The molecule has 0 saturated carbocycles. The van der Waals surface area contributed by atoms with E-state index in [4.69, 9.17) is 19.0 Å². The standard InChI is InChI=1S/C19H30BNO3/c1-7-13(2)16-10-15(11-17(21-16)14-8-9-22-12-14)20-23-18(3,4)19(5,6)24-20/h10-11,13-14H,7-9,12H2,1-6H3. The van der Waals surface area contributed by atoms with Gasteiger partial charge in [-0.05, 0) is 64.1 Å². The van der Waals surface area contributed by atoms with Crippen LogP contribution in [0.5, 0.6) is 0 Å². The maximum atomic E-state index is 6.25. The molecule has 2 aliphatic heterocycles. The summed E-state index contributed by atoms with van der Waals surface area (Å²) in [6.45, 7) is 14.4. The number of ether oxygens (including phenoxy) is 1. The van der Waals surface area contributed by atoms with Crippen molar-refractivity contribution >= 4 is 12.6 Å². The zero-order chi connectivity index (χ0) is 17.5. The van der Waals surface area contributed by atoms with Gasteiger partial charge in [-0.15, -0.1) is 0 Å². The van der Waals surface area contributed by atoms with Gasteiger partial charge in [0.25, 0.3) is 0 Å². The number of aromatic nitrogens is 1. The van der Waals surface area contributed by atoms with Crippen molar-refractivity contribution in [1.29, 1.82) is 0 Å². The molecular weight excluding hydrogens is 301 g/mol. The molecule has 4 nitrogen and oxygen atoms in total. The lowest BCUT2D eigenvalue weighted by Crippen LogP contribution is -2.41. The van der Waals surface area contributed by atoms with E-state index in [1.54, 1.807) is 0 Å². The minimum absolute atomic E-state index is 0.325. The molecule has 2 unspecified atom stereocenters. The summed E-state index contributed by atoms with van der Waals surface area (Å²) in [5.41, 5.74) is 2.69. The minimum Gasteiger partial charge on any atom is -0.399 e. The summed E-state index contributed by atoms with van der Waals surface area (Å²) in [6, 6.07) is 4.32. The zero-order valence-electron chi connectivity index (χ0n) is 15.9.